The Kier molecular flexibility index (Phi) is 7.44. The lowest BCUT2D eigenvalue weighted by Crippen LogP contribution is -2.46. The highest BCUT2D eigenvalue weighted by Crippen LogP contribution is 2.28. The van der Waals surface area contributed by atoms with Crippen LogP contribution in [0.2, 0.25) is 0 Å². The van der Waals surface area contributed by atoms with E-state index in [1.807, 2.05) is 60.7 Å². The average molecular weight is 472 g/mol. The van der Waals surface area contributed by atoms with Crippen LogP contribution in [0.5, 0.6) is 11.5 Å². The molecule has 35 heavy (non-hydrogen) atoms. The summed E-state index contributed by atoms with van der Waals surface area (Å²) in [6.07, 6.45) is 3.44. The number of ether oxygens (including phenoxy) is 2. The van der Waals surface area contributed by atoms with E-state index in [1.54, 1.807) is 11.9 Å². The summed E-state index contributed by atoms with van der Waals surface area (Å²) in [4.78, 5) is 6.67. The standard InChI is InChI=1S/C28H33N5O2/c1-34-28-12-6-5-11-27(28)32-20-18-31(19-21-32)17-7-2-8-22-35-24-15-13-23(14-16-24)33-29-25-9-3-4-10-26(25)30-33/h3-6,9-16H,2,7-8,17-22H2,1H3. The van der Waals surface area contributed by atoms with Crippen LogP contribution in [0.25, 0.3) is 16.7 Å². The van der Waals surface area contributed by atoms with Gasteiger partial charge >= 0.3 is 0 Å². The molecule has 0 radical (unpaired) electrons. The number of benzene rings is 3. The normalized spacial score (nSPS) is 14.4. The number of hydrogen-bond donors (Lipinski definition) is 0. The number of unbranched alkanes of at least 4 members (excludes halogenated alkanes) is 2. The van der Waals surface area contributed by atoms with E-state index in [2.05, 4.69) is 32.1 Å². The van der Waals surface area contributed by atoms with Gasteiger partial charge in [-0.3, -0.25) is 4.90 Å². The van der Waals surface area contributed by atoms with E-state index in [4.69, 9.17) is 9.47 Å². The SMILES string of the molecule is COc1ccccc1N1CCN(CCCCCOc2ccc(-n3nc4ccccc4n3)cc2)CC1. The topological polar surface area (TPSA) is 55.7 Å². The van der Waals surface area contributed by atoms with Crippen LogP contribution in [0.4, 0.5) is 5.69 Å². The third-order valence-electron chi connectivity index (χ3n) is 6.54. The molecule has 0 saturated carbocycles. The molecule has 0 spiro atoms. The maximum absolute atomic E-state index is 5.95. The smallest absolute Gasteiger partial charge is 0.142 e. The fourth-order valence-electron chi connectivity index (χ4n) is 4.56. The number of nitrogens with zero attached hydrogens (tertiary/aromatic N) is 5. The van der Waals surface area contributed by atoms with Crippen molar-refractivity contribution in [2.24, 2.45) is 0 Å². The van der Waals surface area contributed by atoms with Crippen LogP contribution in [0.3, 0.4) is 0 Å². The molecule has 1 fully saturated rings. The van der Waals surface area contributed by atoms with Crippen LogP contribution in [0.15, 0.2) is 72.8 Å². The Morgan fingerprint density at radius 3 is 2.14 bits per heavy atom. The zero-order valence-electron chi connectivity index (χ0n) is 20.3. The summed E-state index contributed by atoms with van der Waals surface area (Å²) in [6, 6.07) is 24.2. The van der Waals surface area contributed by atoms with Crippen molar-refractivity contribution in [1.82, 2.24) is 19.9 Å². The summed E-state index contributed by atoms with van der Waals surface area (Å²) in [5.41, 5.74) is 3.92. The molecule has 1 aliphatic heterocycles. The van der Waals surface area contributed by atoms with Gasteiger partial charge in [0, 0.05) is 26.2 Å². The van der Waals surface area contributed by atoms with Crippen molar-refractivity contribution in [3.8, 4) is 17.2 Å². The largest absolute Gasteiger partial charge is 0.495 e. The number of para-hydroxylation sites is 2. The van der Waals surface area contributed by atoms with Gasteiger partial charge in [-0.1, -0.05) is 24.3 Å². The molecule has 0 unspecified atom stereocenters. The molecule has 0 bridgehead atoms. The molecule has 0 amide bonds. The Bertz CT molecular complexity index is 1180. The number of aromatic nitrogens is 3. The highest BCUT2D eigenvalue weighted by molar-refractivity contribution is 5.73. The van der Waals surface area contributed by atoms with Gasteiger partial charge in [-0.25, -0.2) is 0 Å². The Hall–Kier alpha value is -3.58. The molecule has 5 rings (SSSR count). The van der Waals surface area contributed by atoms with E-state index >= 15 is 0 Å². The Morgan fingerprint density at radius 2 is 1.43 bits per heavy atom. The summed E-state index contributed by atoms with van der Waals surface area (Å²) >= 11 is 0. The molecule has 7 heteroatoms. The minimum Gasteiger partial charge on any atom is -0.495 e. The zero-order chi connectivity index (χ0) is 23.9. The highest BCUT2D eigenvalue weighted by atomic mass is 16.5. The van der Waals surface area contributed by atoms with Crippen LogP contribution >= 0.6 is 0 Å². The maximum atomic E-state index is 5.95. The van der Waals surface area contributed by atoms with E-state index in [0.717, 1.165) is 74.0 Å². The van der Waals surface area contributed by atoms with Crippen molar-refractivity contribution < 1.29 is 9.47 Å². The average Bonchev–Trinajstić information content (AvgIpc) is 3.36. The first-order valence-electron chi connectivity index (χ1n) is 12.5. The molecule has 2 heterocycles. The van der Waals surface area contributed by atoms with E-state index in [0.29, 0.717) is 0 Å². The Labute approximate surface area is 206 Å². The van der Waals surface area contributed by atoms with E-state index in [9.17, 15) is 0 Å². The van der Waals surface area contributed by atoms with E-state index in [1.165, 1.54) is 18.5 Å². The van der Waals surface area contributed by atoms with Crippen molar-refractivity contribution in [1.29, 1.82) is 0 Å². The number of methoxy groups -OCH3 is 1. The summed E-state index contributed by atoms with van der Waals surface area (Å²) in [5, 5.41) is 9.05. The lowest BCUT2D eigenvalue weighted by Gasteiger charge is -2.36. The van der Waals surface area contributed by atoms with Crippen LogP contribution in [0.1, 0.15) is 19.3 Å². The van der Waals surface area contributed by atoms with Gasteiger partial charge in [-0.2, -0.15) is 4.80 Å². The molecule has 182 valence electrons. The molecule has 0 N–H and O–H groups in total. The predicted octanol–water partition coefficient (Wildman–Crippen LogP) is 4.80. The number of hydrogen-bond acceptors (Lipinski definition) is 6. The van der Waals surface area contributed by atoms with Crippen molar-refractivity contribution in [3.05, 3.63) is 72.8 Å². The molecular weight excluding hydrogens is 438 g/mol. The monoisotopic (exact) mass is 471 g/mol. The number of fused-ring (bicyclic) bond motifs is 1. The lowest BCUT2D eigenvalue weighted by atomic mass is 10.2. The van der Waals surface area contributed by atoms with E-state index in [-0.39, 0.29) is 0 Å². The van der Waals surface area contributed by atoms with Crippen LogP contribution in [-0.4, -0.2) is 66.3 Å². The minimum absolute atomic E-state index is 0.741. The van der Waals surface area contributed by atoms with Gasteiger partial charge in [0.2, 0.25) is 0 Å². The van der Waals surface area contributed by atoms with Crippen LogP contribution < -0.4 is 14.4 Å². The molecule has 4 aromatic rings. The van der Waals surface area contributed by atoms with Crippen molar-refractivity contribution >= 4 is 16.7 Å². The zero-order valence-corrected chi connectivity index (χ0v) is 20.3. The Morgan fingerprint density at radius 1 is 0.743 bits per heavy atom. The third-order valence-corrected chi connectivity index (χ3v) is 6.54. The van der Waals surface area contributed by atoms with Crippen molar-refractivity contribution in [2.45, 2.75) is 19.3 Å². The second kappa shape index (κ2) is 11.2. The summed E-state index contributed by atoms with van der Waals surface area (Å²) in [7, 11) is 1.74. The lowest BCUT2D eigenvalue weighted by molar-refractivity contribution is 0.245. The van der Waals surface area contributed by atoms with Gasteiger partial charge in [0.1, 0.15) is 22.5 Å². The van der Waals surface area contributed by atoms with Gasteiger partial charge in [0.25, 0.3) is 0 Å². The first-order valence-corrected chi connectivity index (χ1v) is 12.5. The quantitative estimate of drug-likeness (QED) is 0.310. The second-order valence-corrected chi connectivity index (χ2v) is 8.88. The minimum atomic E-state index is 0.741. The molecule has 3 aromatic carbocycles. The fraction of sp³-hybridized carbons (Fsp3) is 0.357. The highest BCUT2D eigenvalue weighted by Gasteiger charge is 2.19. The van der Waals surface area contributed by atoms with Gasteiger partial charge < -0.3 is 14.4 Å². The molecule has 0 atom stereocenters. The van der Waals surface area contributed by atoms with E-state index < -0.39 is 0 Å². The summed E-state index contributed by atoms with van der Waals surface area (Å²) < 4.78 is 11.5. The molecule has 1 aliphatic rings. The van der Waals surface area contributed by atoms with Crippen molar-refractivity contribution in [3.63, 3.8) is 0 Å². The van der Waals surface area contributed by atoms with Gasteiger partial charge in [0.05, 0.1) is 25.1 Å². The van der Waals surface area contributed by atoms with Gasteiger partial charge in [0.15, 0.2) is 0 Å². The number of piperazine rings is 1. The Balaban J connectivity index is 0.987. The first-order chi connectivity index (χ1) is 17.3. The molecule has 1 saturated heterocycles. The number of anilines is 1. The van der Waals surface area contributed by atoms with Gasteiger partial charge in [-0.15, -0.1) is 10.2 Å². The second-order valence-electron chi connectivity index (χ2n) is 8.88. The summed E-state index contributed by atoms with van der Waals surface area (Å²) in [6.45, 7) is 6.18. The first kappa shape index (κ1) is 23.2. The fourth-order valence-corrected chi connectivity index (χ4v) is 4.56. The third kappa shape index (κ3) is 5.74. The molecular formula is C28H33N5O2. The van der Waals surface area contributed by atoms with Crippen LogP contribution in [0, 0.1) is 0 Å². The maximum Gasteiger partial charge on any atom is 0.142 e. The molecule has 7 nitrogen and oxygen atoms in total. The number of rotatable bonds is 10. The predicted molar refractivity (Wildman–Crippen MR) is 140 cm³/mol. The molecule has 0 aliphatic carbocycles. The molecule has 1 aromatic heterocycles. The van der Waals surface area contributed by atoms with Crippen LogP contribution in [-0.2, 0) is 0 Å². The summed E-state index contributed by atoms with van der Waals surface area (Å²) in [5.74, 6) is 1.85. The van der Waals surface area contributed by atoms with Gasteiger partial charge in [-0.05, 0) is 74.3 Å². The van der Waals surface area contributed by atoms with Crippen molar-refractivity contribution in [2.75, 3.05) is 51.3 Å².